The van der Waals surface area contributed by atoms with Crippen molar-refractivity contribution < 1.29 is 41.9 Å². The highest BCUT2D eigenvalue weighted by Crippen LogP contribution is 2.57. The van der Waals surface area contributed by atoms with Crippen LogP contribution in [0.25, 0.3) is 22.3 Å². The van der Waals surface area contributed by atoms with Crippen molar-refractivity contribution in [2.45, 2.75) is 13.3 Å². The van der Waals surface area contributed by atoms with E-state index in [-0.39, 0.29) is 30.4 Å². The Balaban J connectivity index is 1.47. The predicted molar refractivity (Wildman–Crippen MR) is 131 cm³/mol. The van der Waals surface area contributed by atoms with Crippen molar-refractivity contribution in [3.8, 4) is 11.1 Å². The number of hydrogen-bond donors (Lipinski definition) is 5. The van der Waals surface area contributed by atoms with Crippen LogP contribution >= 0.6 is 15.6 Å². The third-order valence-electron chi connectivity index (χ3n) is 5.07. The molecule has 196 valence electrons. The molecule has 4 rings (SSSR count). The quantitative estimate of drug-likeness (QED) is 0.102. The SMILES string of the molecule is Nc1nc2c(c(=O)[nH]1)n(Cc1ccc(-c3ccccc3)cc1)c[n+]2COCCOP(=O)(O)OP(=O)(O)O. The first-order valence-electron chi connectivity index (χ1n) is 10.8. The lowest BCUT2D eigenvalue weighted by atomic mass is 10.0. The Morgan fingerprint density at radius 1 is 1.00 bits per heavy atom. The lowest BCUT2D eigenvalue weighted by Gasteiger charge is -2.12. The number of ether oxygens (including phenoxy) is 1. The Morgan fingerprint density at radius 2 is 1.68 bits per heavy atom. The van der Waals surface area contributed by atoms with E-state index in [9.17, 15) is 18.8 Å². The molecule has 2 heterocycles. The van der Waals surface area contributed by atoms with E-state index in [1.165, 1.54) is 4.57 Å². The van der Waals surface area contributed by atoms with Crippen molar-refractivity contribution in [1.29, 1.82) is 0 Å². The van der Waals surface area contributed by atoms with Gasteiger partial charge in [0.1, 0.15) is 0 Å². The van der Waals surface area contributed by atoms with Crippen LogP contribution in [0, 0.1) is 0 Å². The molecule has 2 aromatic heterocycles. The molecule has 0 saturated carbocycles. The third kappa shape index (κ3) is 7.19. The number of nitrogens with zero attached hydrogens (tertiary/aromatic N) is 3. The zero-order chi connectivity index (χ0) is 26.6. The number of nitrogen functional groups attached to an aromatic ring is 1. The van der Waals surface area contributed by atoms with Crippen molar-refractivity contribution in [3.05, 3.63) is 76.8 Å². The number of fused-ring (bicyclic) bond motifs is 1. The summed E-state index contributed by atoms with van der Waals surface area (Å²) in [5.41, 5.74) is 8.85. The zero-order valence-electron chi connectivity index (χ0n) is 19.2. The van der Waals surface area contributed by atoms with Crippen molar-refractivity contribution in [2.24, 2.45) is 0 Å². The third-order valence-corrected chi connectivity index (χ3v) is 7.25. The summed E-state index contributed by atoms with van der Waals surface area (Å²) in [4.78, 5) is 45.8. The Kier molecular flexibility index (Phi) is 8.02. The number of H-pyrrole nitrogens is 1. The molecule has 0 spiro atoms. The first kappa shape index (κ1) is 26.9. The number of nitrogens with one attached hydrogen (secondary N) is 1. The van der Waals surface area contributed by atoms with Crippen LogP contribution in [0.3, 0.4) is 0 Å². The minimum atomic E-state index is -5.21. The number of anilines is 1. The Hall–Kier alpha value is -3.19. The van der Waals surface area contributed by atoms with Gasteiger partial charge in [-0.05, 0) is 16.7 Å². The molecule has 0 bridgehead atoms. The van der Waals surface area contributed by atoms with Crippen LogP contribution in [0.2, 0.25) is 0 Å². The second kappa shape index (κ2) is 11.1. The largest absolute Gasteiger partial charge is 0.481 e. The summed E-state index contributed by atoms with van der Waals surface area (Å²) in [5, 5.41) is 0. The summed E-state index contributed by atoms with van der Waals surface area (Å²) in [6.07, 6.45) is 1.62. The summed E-state index contributed by atoms with van der Waals surface area (Å²) in [7, 11) is -10.2. The Morgan fingerprint density at radius 3 is 2.35 bits per heavy atom. The second-order valence-electron chi connectivity index (χ2n) is 7.81. The smallest absolute Gasteiger partial charge is 0.355 e. The van der Waals surface area contributed by atoms with Crippen LogP contribution in [0.15, 0.2) is 65.7 Å². The van der Waals surface area contributed by atoms with Gasteiger partial charge in [0, 0.05) is 0 Å². The van der Waals surface area contributed by atoms with Gasteiger partial charge in [-0.1, -0.05) is 59.6 Å². The second-order valence-corrected chi connectivity index (χ2v) is 10.6. The predicted octanol–water partition coefficient (Wildman–Crippen LogP) is 1.51. The van der Waals surface area contributed by atoms with E-state index in [2.05, 4.69) is 18.8 Å². The maximum Gasteiger partial charge on any atom is 0.481 e. The summed E-state index contributed by atoms with van der Waals surface area (Å²) < 4.78 is 39.0. The topological polar surface area (TPSA) is 203 Å². The molecule has 0 saturated heterocycles. The monoisotopic (exact) mass is 552 g/mol. The lowest BCUT2D eigenvalue weighted by molar-refractivity contribution is -0.711. The number of aromatic amines is 1. The van der Waals surface area contributed by atoms with Gasteiger partial charge in [-0.25, -0.2) is 13.7 Å². The summed E-state index contributed by atoms with van der Waals surface area (Å²) in [5.74, 6) is -0.0876. The standard InChI is InChI=1S/C21H23N5O9P2/c22-21-23-19-18(20(27)24-21)25(12-15-6-8-17(9-7-15)16-4-2-1-3-5-16)13-26(19)14-33-10-11-34-37(31,32)35-36(28,29)30/h1-9,13H,10-12,14H2,(H5-,22,23,24,27,28,29,30,31,32)/p+1. The maximum atomic E-state index is 12.7. The number of phosphoric ester groups is 1. The van der Waals surface area contributed by atoms with Crippen LogP contribution in [0.5, 0.6) is 0 Å². The highest BCUT2D eigenvalue weighted by molar-refractivity contribution is 7.60. The molecule has 4 aromatic rings. The van der Waals surface area contributed by atoms with Crippen molar-refractivity contribution >= 4 is 32.8 Å². The normalized spacial score (nSPS) is 13.6. The van der Waals surface area contributed by atoms with Crippen molar-refractivity contribution in [1.82, 2.24) is 14.5 Å². The van der Waals surface area contributed by atoms with E-state index in [1.54, 1.807) is 10.9 Å². The summed E-state index contributed by atoms with van der Waals surface area (Å²) in [6.45, 7) is -0.528. The minimum Gasteiger partial charge on any atom is -0.355 e. The Labute approximate surface area is 209 Å². The van der Waals surface area contributed by atoms with Crippen LogP contribution in [0.4, 0.5) is 5.95 Å². The number of nitrogens with two attached hydrogens (primary N) is 1. The van der Waals surface area contributed by atoms with E-state index in [0.717, 1.165) is 16.7 Å². The fourth-order valence-electron chi connectivity index (χ4n) is 3.59. The molecule has 14 nitrogen and oxygen atoms in total. The summed E-state index contributed by atoms with van der Waals surface area (Å²) >= 11 is 0. The zero-order valence-corrected chi connectivity index (χ0v) is 21.0. The van der Waals surface area contributed by atoms with Gasteiger partial charge in [-0.3, -0.25) is 18.9 Å². The van der Waals surface area contributed by atoms with E-state index in [1.807, 2.05) is 54.6 Å². The molecule has 0 amide bonds. The number of hydrogen-bond acceptors (Lipinski definition) is 8. The van der Waals surface area contributed by atoms with Gasteiger partial charge in [0.2, 0.25) is 5.52 Å². The molecule has 0 aliphatic carbocycles. The molecule has 2 aromatic carbocycles. The highest BCUT2D eigenvalue weighted by atomic mass is 31.3. The molecular weight excluding hydrogens is 528 g/mol. The summed E-state index contributed by atoms with van der Waals surface area (Å²) in [6, 6.07) is 17.8. The number of imidazole rings is 1. The van der Waals surface area contributed by atoms with E-state index in [4.69, 9.17) is 20.3 Å². The van der Waals surface area contributed by atoms with Gasteiger partial charge in [0.25, 0.3) is 11.5 Å². The first-order chi connectivity index (χ1) is 17.5. The van der Waals surface area contributed by atoms with Gasteiger partial charge in [-0.15, -0.1) is 0 Å². The number of benzene rings is 2. The Bertz CT molecular complexity index is 1530. The van der Waals surface area contributed by atoms with Crippen molar-refractivity contribution in [2.75, 3.05) is 18.9 Å². The highest BCUT2D eigenvalue weighted by Gasteiger charge is 2.32. The fourth-order valence-corrected chi connectivity index (χ4v) is 5.16. The number of phosphoric acid groups is 2. The van der Waals surface area contributed by atoms with Crippen molar-refractivity contribution in [3.63, 3.8) is 0 Å². The molecule has 16 heteroatoms. The van der Waals surface area contributed by atoms with E-state index >= 15 is 0 Å². The molecular formula is C21H24N5O9P2+. The van der Waals surface area contributed by atoms with Gasteiger partial charge in [-0.2, -0.15) is 4.31 Å². The van der Waals surface area contributed by atoms with Crippen LogP contribution in [0.1, 0.15) is 5.56 Å². The van der Waals surface area contributed by atoms with E-state index < -0.39 is 27.8 Å². The van der Waals surface area contributed by atoms with Gasteiger partial charge < -0.3 is 25.2 Å². The minimum absolute atomic E-state index is 0.0876. The molecule has 0 radical (unpaired) electrons. The van der Waals surface area contributed by atoms with Gasteiger partial charge in [0.05, 0.1) is 19.8 Å². The maximum absolute atomic E-state index is 12.7. The van der Waals surface area contributed by atoms with Crippen LogP contribution in [-0.4, -0.2) is 42.4 Å². The van der Waals surface area contributed by atoms with Crippen LogP contribution < -0.4 is 15.9 Å². The van der Waals surface area contributed by atoms with Gasteiger partial charge >= 0.3 is 21.3 Å². The van der Waals surface area contributed by atoms with Gasteiger partial charge in [0.15, 0.2) is 13.1 Å². The molecule has 0 aliphatic heterocycles. The molecule has 0 aliphatic rings. The van der Waals surface area contributed by atoms with Crippen LogP contribution in [-0.2, 0) is 36.0 Å². The number of aromatic nitrogens is 4. The first-order valence-corrected chi connectivity index (χ1v) is 13.8. The van der Waals surface area contributed by atoms with E-state index in [0.29, 0.717) is 6.54 Å². The molecule has 1 atom stereocenters. The average molecular weight is 552 g/mol. The molecule has 1 unspecified atom stereocenters. The average Bonchev–Trinajstić information content (AvgIpc) is 3.15. The molecule has 37 heavy (non-hydrogen) atoms. The molecule has 0 fully saturated rings. The number of rotatable bonds is 11. The fraction of sp³-hybridized carbons (Fsp3) is 0.190. The molecule has 6 N–H and O–H groups in total. The lowest BCUT2D eigenvalue weighted by Crippen LogP contribution is -2.35.